The number of nitrogens with one attached hydrogen (secondary N) is 1. The first-order chi connectivity index (χ1) is 9.19. The molecule has 0 amide bonds. The van der Waals surface area contributed by atoms with Gasteiger partial charge in [-0.3, -0.25) is 0 Å². The van der Waals surface area contributed by atoms with Crippen LogP contribution in [0.4, 0.5) is 0 Å². The summed E-state index contributed by atoms with van der Waals surface area (Å²) in [5, 5.41) is 3.88. The van der Waals surface area contributed by atoms with E-state index in [1.54, 1.807) is 0 Å². The number of benzene rings is 1. The summed E-state index contributed by atoms with van der Waals surface area (Å²) < 4.78 is 0. The molecular formula is C17H28N2. The summed E-state index contributed by atoms with van der Waals surface area (Å²) in [6.45, 7) is 5.85. The fourth-order valence-corrected chi connectivity index (χ4v) is 2.99. The molecule has 0 bridgehead atoms. The molecule has 1 aromatic carbocycles. The van der Waals surface area contributed by atoms with Crippen LogP contribution in [0.15, 0.2) is 30.3 Å². The Morgan fingerprint density at radius 2 is 2.05 bits per heavy atom. The zero-order valence-corrected chi connectivity index (χ0v) is 12.6. The van der Waals surface area contributed by atoms with E-state index in [2.05, 4.69) is 61.4 Å². The molecule has 0 aliphatic carbocycles. The Bertz CT molecular complexity index is 363. The van der Waals surface area contributed by atoms with Gasteiger partial charge >= 0.3 is 0 Å². The number of hydrogen-bond donors (Lipinski definition) is 1. The third kappa shape index (κ3) is 4.32. The van der Waals surface area contributed by atoms with Crippen LogP contribution >= 0.6 is 0 Å². The van der Waals surface area contributed by atoms with Crippen molar-refractivity contribution in [1.29, 1.82) is 0 Å². The van der Waals surface area contributed by atoms with Crippen molar-refractivity contribution in [3.8, 4) is 0 Å². The smallest absolute Gasteiger partial charge is 0.0107 e. The topological polar surface area (TPSA) is 15.3 Å². The first kappa shape index (κ1) is 14.5. The molecule has 2 heteroatoms. The molecule has 0 spiro atoms. The van der Waals surface area contributed by atoms with E-state index in [9.17, 15) is 0 Å². The van der Waals surface area contributed by atoms with Crippen molar-refractivity contribution >= 4 is 0 Å². The highest BCUT2D eigenvalue weighted by molar-refractivity contribution is 5.15. The number of piperidine rings is 1. The normalized spacial score (nSPS) is 26.3. The van der Waals surface area contributed by atoms with Gasteiger partial charge in [-0.05, 0) is 51.8 Å². The predicted molar refractivity (Wildman–Crippen MR) is 82.5 cm³/mol. The van der Waals surface area contributed by atoms with Crippen molar-refractivity contribution in [3.05, 3.63) is 35.9 Å². The van der Waals surface area contributed by atoms with Gasteiger partial charge in [-0.25, -0.2) is 0 Å². The van der Waals surface area contributed by atoms with Gasteiger partial charge in [-0.2, -0.15) is 0 Å². The van der Waals surface area contributed by atoms with Crippen molar-refractivity contribution < 1.29 is 0 Å². The highest BCUT2D eigenvalue weighted by atomic mass is 15.1. The first-order valence-corrected chi connectivity index (χ1v) is 7.69. The van der Waals surface area contributed by atoms with Crippen LogP contribution in [-0.2, 0) is 6.42 Å². The molecule has 3 unspecified atom stereocenters. The van der Waals surface area contributed by atoms with E-state index in [1.807, 2.05) is 0 Å². The van der Waals surface area contributed by atoms with Gasteiger partial charge in [0.15, 0.2) is 0 Å². The third-order valence-corrected chi connectivity index (χ3v) is 4.50. The van der Waals surface area contributed by atoms with Crippen LogP contribution in [0.1, 0.15) is 38.7 Å². The molecule has 1 saturated heterocycles. The summed E-state index contributed by atoms with van der Waals surface area (Å²) in [6.07, 6.45) is 4.92. The van der Waals surface area contributed by atoms with E-state index >= 15 is 0 Å². The van der Waals surface area contributed by atoms with E-state index in [0.717, 1.165) is 6.42 Å². The van der Waals surface area contributed by atoms with Crippen molar-refractivity contribution in [1.82, 2.24) is 10.2 Å². The molecule has 1 aromatic rings. The van der Waals surface area contributed by atoms with Gasteiger partial charge in [0, 0.05) is 18.1 Å². The molecule has 1 aliphatic heterocycles. The van der Waals surface area contributed by atoms with Crippen molar-refractivity contribution in [2.45, 2.75) is 57.7 Å². The molecule has 2 nitrogen and oxygen atoms in total. The standard InChI is InChI=1S/C17H28N2/c1-4-16(13-15-8-6-5-7-9-15)18-17-10-11-19(3)14(2)12-17/h5-9,14,16-18H,4,10-13H2,1-3H3. The molecule has 1 N–H and O–H groups in total. The number of nitrogens with zero attached hydrogens (tertiary/aromatic N) is 1. The maximum absolute atomic E-state index is 3.88. The van der Waals surface area contributed by atoms with Crippen molar-refractivity contribution in [2.75, 3.05) is 13.6 Å². The fraction of sp³-hybridized carbons (Fsp3) is 0.647. The van der Waals surface area contributed by atoms with Crippen LogP contribution < -0.4 is 5.32 Å². The van der Waals surface area contributed by atoms with Gasteiger partial charge in [-0.15, -0.1) is 0 Å². The molecule has 1 fully saturated rings. The molecular weight excluding hydrogens is 232 g/mol. The molecule has 19 heavy (non-hydrogen) atoms. The summed E-state index contributed by atoms with van der Waals surface area (Å²) in [5.41, 5.74) is 1.45. The average molecular weight is 260 g/mol. The minimum Gasteiger partial charge on any atom is -0.311 e. The molecule has 3 atom stereocenters. The largest absolute Gasteiger partial charge is 0.311 e. The van der Waals surface area contributed by atoms with Crippen LogP contribution in [0.3, 0.4) is 0 Å². The van der Waals surface area contributed by atoms with Crippen LogP contribution in [0.25, 0.3) is 0 Å². The Kier molecular flexibility index (Phi) is 5.41. The second kappa shape index (κ2) is 7.06. The second-order valence-corrected chi connectivity index (χ2v) is 6.01. The number of rotatable bonds is 5. The number of hydrogen-bond acceptors (Lipinski definition) is 2. The van der Waals surface area contributed by atoms with E-state index < -0.39 is 0 Å². The Morgan fingerprint density at radius 3 is 2.68 bits per heavy atom. The summed E-state index contributed by atoms with van der Waals surface area (Å²) in [4.78, 5) is 2.47. The van der Waals surface area contributed by atoms with Crippen LogP contribution in [0.2, 0.25) is 0 Å². The van der Waals surface area contributed by atoms with E-state index in [-0.39, 0.29) is 0 Å². The van der Waals surface area contributed by atoms with Crippen molar-refractivity contribution in [3.63, 3.8) is 0 Å². The van der Waals surface area contributed by atoms with Gasteiger partial charge in [-0.1, -0.05) is 37.3 Å². The van der Waals surface area contributed by atoms with Crippen LogP contribution in [-0.4, -0.2) is 36.6 Å². The molecule has 1 aliphatic rings. The Balaban J connectivity index is 1.85. The second-order valence-electron chi connectivity index (χ2n) is 6.01. The highest BCUT2D eigenvalue weighted by Gasteiger charge is 2.24. The Hall–Kier alpha value is -0.860. The lowest BCUT2D eigenvalue weighted by atomic mass is 9.96. The third-order valence-electron chi connectivity index (χ3n) is 4.50. The molecule has 2 rings (SSSR count). The summed E-state index contributed by atoms with van der Waals surface area (Å²) in [6, 6.07) is 12.9. The lowest BCUT2D eigenvalue weighted by Crippen LogP contribution is -2.48. The maximum atomic E-state index is 3.88. The fourth-order valence-electron chi connectivity index (χ4n) is 2.99. The van der Waals surface area contributed by atoms with Gasteiger partial charge in [0.1, 0.15) is 0 Å². The highest BCUT2D eigenvalue weighted by Crippen LogP contribution is 2.17. The zero-order chi connectivity index (χ0) is 13.7. The molecule has 0 radical (unpaired) electrons. The van der Waals surface area contributed by atoms with E-state index in [0.29, 0.717) is 18.1 Å². The average Bonchev–Trinajstić information content (AvgIpc) is 2.43. The zero-order valence-electron chi connectivity index (χ0n) is 12.6. The number of likely N-dealkylation sites (tertiary alicyclic amines) is 1. The first-order valence-electron chi connectivity index (χ1n) is 7.69. The SMILES string of the molecule is CCC(Cc1ccccc1)NC1CCN(C)C(C)C1. The molecule has 1 heterocycles. The van der Waals surface area contributed by atoms with Crippen LogP contribution in [0, 0.1) is 0 Å². The maximum Gasteiger partial charge on any atom is 0.0107 e. The molecule has 106 valence electrons. The van der Waals surface area contributed by atoms with Gasteiger partial charge in [0.25, 0.3) is 0 Å². The van der Waals surface area contributed by atoms with Crippen LogP contribution in [0.5, 0.6) is 0 Å². The summed E-state index contributed by atoms with van der Waals surface area (Å²) in [5.74, 6) is 0. The van der Waals surface area contributed by atoms with Crippen molar-refractivity contribution in [2.24, 2.45) is 0 Å². The van der Waals surface area contributed by atoms with Gasteiger partial charge in [0.05, 0.1) is 0 Å². The quantitative estimate of drug-likeness (QED) is 0.875. The monoisotopic (exact) mass is 260 g/mol. The summed E-state index contributed by atoms with van der Waals surface area (Å²) in [7, 11) is 2.24. The predicted octanol–water partition coefficient (Wildman–Crippen LogP) is 3.08. The Morgan fingerprint density at radius 1 is 1.32 bits per heavy atom. The molecule has 0 saturated carbocycles. The van der Waals surface area contributed by atoms with E-state index in [1.165, 1.54) is 31.4 Å². The minimum atomic E-state index is 0.614. The molecule has 0 aromatic heterocycles. The lowest BCUT2D eigenvalue weighted by molar-refractivity contribution is 0.161. The summed E-state index contributed by atoms with van der Waals surface area (Å²) >= 11 is 0. The Labute approximate surface area is 118 Å². The van der Waals surface area contributed by atoms with Gasteiger partial charge in [0.2, 0.25) is 0 Å². The van der Waals surface area contributed by atoms with Gasteiger partial charge < -0.3 is 10.2 Å². The lowest BCUT2D eigenvalue weighted by Gasteiger charge is -2.37. The minimum absolute atomic E-state index is 0.614. The van der Waals surface area contributed by atoms with E-state index in [4.69, 9.17) is 0 Å².